The molecule has 3 rings (SSSR count). The highest BCUT2D eigenvalue weighted by atomic mass is 32.1. The molecule has 1 heterocycles. The Bertz CT molecular complexity index is 593. The molecule has 1 aromatic heterocycles. The van der Waals surface area contributed by atoms with Gasteiger partial charge in [0, 0.05) is 18.5 Å². The molecule has 2 aromatic rings. The van der Waals surface area contributed by atoms with E-state index in [0.29, 0.717) is 5.92 Å². The number of aliphatic hydroxyl groups is 1. The maximum atomic E-state index is 9.83. The Labute approximate surface area is 124 Å². The summed E-state index contributed by atoms with van der Waals surface area (Å²) in [7, 11) is 0. The van der Waals surface area contributed by atoms with E-state index < -0.39 is 0 Å². The Kier molecular flexibility index (Phi) is 4.06. The lowest BCUT2D eigenvalue weighted by Gasteiger charge is -2.16. The highest BCUT2D eigenvalue weighted by Gasteiger charge is 2.24. The maximum Gasteiger partial charge on any atom is 0.0963 e. The number of fused-ring (bicyclic) bond motifs is 1. The molecular formula is C16H22N2OS. The van der Waals surface area contributed by atoms with E-state index >= 15 is 0 Å². The van der Waals surface area contributed by atoms with Crippen molar-refractivity contribution in [1.82, 2.24) is 10.3 Å². The zero-order valence-electron chi connectivity index (χ0n) is 12.1. The molecule has 0 saturated heterocycles. The third-order valence-corrected chi connectivity index (χ3v) is 5.33. The van der Waals surface area contributed by atoms with Gasteiger partial charge in [0.2, 0.25) is 0 Å². The standard InChI is InChI=1S/C16H22N2OS/c1-10(2)16-18-13-7-6-11(8-15(13)20-16)9-17-12-4-3-5-14(12)19/h6-8,10,12,14,17,19H,3-5,9H2,1-2H3/t12-,14+/m1/s1. The average Bonchev–Trinajstić information content (AvgIpc) is 3.01. The predicted molar refractivity (Wildman–Crippen MR) is 84.2 cm³/mol. The average molecular weight is 290 g/mol. The summed E-state index contributed by atoms with van der Waals surface area (Å²) in [5, 5.41) is 14.5. The normalized spacial score (nSPS) is 23.0. The van der Waals surface area contributed by atoms with Crippen LogP contribution >= 0.6 is 11.3 Å². The topological polar surface area (TPSA) is 45.2 Å². The molecule has 0 spiro atoms. The zero-order valence-corrected chi connectivity index (χ0v) is 12.9. The second kappa shape index (κ2) is 5.80. The number of hydrogen-bond acceptors (Lipinski definition) is 4. The molecule has 3 nitrogen and oxygen atoms in total. The van der Waals surface area contributed by atoms with Crippen molar-refractivity contribution >= 4 is 21.6 Å². The Hall–Kier alpha value is -0.970. The number of thiazole rings is 1. The highest BCUT2D eigenvalue weighted by molar-refractivity contribution is 7.18. The van der Waals surface area contributed by atoms with Gasteiger partial charge in [0.05, 0.1) is 21.3 Å². The van der Waals surface area contributed by atoms with E-state index in [-0.39, 0.29) is 12.1 Å². The van der Waals surface area contributed by atoms with Crippen LogP contribution < -0.4 is 5.32 Å². The first-order valence-electron chi connectivity index (χ1n) is 7.44. The van der Waals surface area contributed by atoms with Crippen LogP contribution in [0.3, 0.4) is 0 Å². The molecule has 1 aliphatic rings. The van der Waals surface area contributed by atoms with Gasteiger partial charge in [-0.25, -0.2) is 4.98 Å². The van der Waals surface area contributed by atoms with Crippen LogP contribution in [0.5, 0.6) is 0 Å². The SMILES string of the molecule is CC(C)c1nc2ccc(CN[C@@H]3CCC[C@@H]3O)cc2s1. The van der Waals surface area contributed by atoms with Crippen LogP contribution in [-0.2, 0) is 6.54 Å². The lowest BCUT2D eigenvalue weighted by Crippen LogP contribution is -2.34. The van der Waals surface area contributed by atoms with Gasteiger partial charge in [-0.05, 0) is 37.0 Å². The smallest absolute Gasteiger partial charge is 0.0963 e. The van der Waals surface area contributed by atoms with Crippen LogP contribution in [0.15, 0.2) is 18.2 Å². The van der Waals surface area contributed by atoms with Gasteiger partial charge < -0.3 is 10.4 Å². The molecule has 1 saturated carbocycles. The molecule has 1 fully saturated rings. The highest BCUT2D eigenvalue weighted by Crippen LogP contribution is 2.28. The molecule has 2 atom stereocenters. The summed E-state index contributed by atoms with van der Waals surface area (Å²) in [6.07, 6.45) is 2.98. The maximum absolute atomic E-state index is 9.83. The lowest BCUT2D eigenvalue weighted by atomic mass is 10.1. The van der Waals surface area contributed by atoms with Crippen molar-refractivity contribution in [2.45, 2.75) is 57.7 Å². The van der Waals surface area contributed by atoms with Crippen molar-refractivity contribution in [3.63, 3.8) is 0 Å². The first-order valence-corrected chi connectivity index (χ1v) is 8.26. The monoisotopic (exact) mass is 290 g/mol. The van der Waals surface area contributed by atoms with Gasteiger partial charge in [-0.3, -0.25) is 0 Å². The Morgan fingerprint density at radius 3 is 2.95 bits per heavy atom. The number of nitrogens with one attached hydrogen (secondary N) is 1. The number of benzene rings is 1. The van der Waals surface area contributed by atoms with Crippen molar-refractivity contribution in [2.75, 3.05) is 0 Å². The van der Waals surface area contributed by atoms with Crippen LogP contribution in [0.4, 0.5) is 0 Å². The fourth-order valence-corrected chi connectivity index (χ4v) is 3.80. The minimum absolute atomic E-state index is 0.172. The quantitative estimate of drug-likeness (QED) is 0.907. The van der Waals surface area contributed by atoms with Gasteiger partial charge in [0.15, 0.2) is 0 Å². The predicted octanol–water partition coefficient (Wildman–Crippen LogP) is 3.42. The number of aromatic nitrogens is 1. The lowest BCUT2D eigenvalue weighted by molar-refractivity contribution is 0.148. The minimum atomic E-state index is -0.172. The van der Waals surface area contributed by atoms with Gasteiger partial charge in [0.1, 0.15) is 0 Å². The summed E-state index contributed by atoms with van der Waals surface area (Å²) in [5.74, 6) is 0.489. The van der Waals surface area contributed by atoms with Gasteiger partial charge >= 0.3 is 0 Å². The largest absolute Gasteiger partial charge is 0.392 e. The van der Waals surface area contributed by atoms with Crippen LogP contribution in [0.2, 0.25) is 0 Å². The Morgan fingerprint density at radius 2 is 2.25 bits per heavy atom. The molecule has 2 N–H and O–H groups in total. The van der Waals surface area contributed by atoms with E-state index in [1.165, 1.54) is 15.3 Å². The van der Waals surface area contributed by atoms with Crippen LogP contribution in [-0.4, -0.2) is 22.2 Å². The molecular weight excluding hydrogens is 268 g/mol. The summed E-state index contributed by atoms with van der Waals surface area (Å²) in [6.45, 7) is 5.19. The summed E-state index contributed by atoms with van der Waals surface area (Å²) in [4.78, 5) is 4.66. The summed E-state index contributed by atoms with van der Waals surface area (Å²) >= 11 is 1.79. The van der Waals surface area contributed by atoms with Gasteiger partial charge in [-0.15, -0.1) is 11.3 Å². The number of hydrogen-bond donors (Lipinski definition) is 2. The Balaban J connectivity index is 1.72. The molecule has 0 radical (unpaired) electrons. The summed E-state index contributed by atoms with van der Waals surface area (Å²) in [6, 6.07) is 6.74. The van der Waals surface area contributed by atoms with E-state index in [4.69, 9.17) is 0 Å². The third kappa shape index (κ3) is 2.87. The van der Waals surface area contributed by atoms with Gasteiger partial charge in [-0.2, -0.15) is 0 Å². The fraction of sp³-hybridized carbons (Fsp3) is 0.562. The van der Waals surface area contributed by atoms with E-state index in [1.54, 1.807) is 11.3 Å². The fourth-order valence-electron chi connectivity index (χ4n) is 2.77. The zero-order chi connectivity index (χ0) is 14.1. The summed E-state index contributed by atoms with van der Waals surface area (Å²) < 4.78 is 1.26. The first kappa shape index (κ1) is 14.0. The second-order valence-corrected chi connectivity index (χ2v) is 7.06. The Morgan fingerprint density at radius 1 is 1.40 bits per heavy atom. The molecule has 0 unspecified atom stereocenters. The third-order valence-electron chi connectivity index (χ3n) is 4.01. The molecule has 1 aliphatic carbocycles. The molecule has 4 heteroatoms. The van der Waals surface area contributed by atoms with Crippen LogP contribution in [0.25, 0.3) is 10.2 Å². The molecule has 0 amide bonds. The van der Waals surface area contributed by atoms with Gasteiger partial charge in [0.25, 0.3) is 0 Å². The minimum Gasteiger partial charge on any atom is -0.392 e. The molecule has 0 bridgehead atoms. The van der Waals surface area contributed by atoms with Crippen LogP contribution in [0, 0.1) is 0 Å². The van der Waals surface area contributed by atoms with E-state index in [2.05, 4.69) is 42.3 Å². The van der Waals surface area contributed by atoms with Gasteiger partial charge in [-0.1, -0.05) is 19.9 Å². The second-order valence-electron chi connectivity index (χ2n) is 5.99. The molecule has 1 aromatic carbocycles. The van der Waals surface area contributed by atoms with E-state index in [1.807, 2.05) is 0 Å². The summed E-state index contributed by atoms with van der Waals surface area (Å²) in [5.41, 5.74) is 2.37. The van der Waals surface area contributed by atoms with Crippen molar-refractivity contribution < 1.29 is 5.11 Å². The van der Waals surface area contributed by atoms with Crippen molar-refractivity contribution in [2.24, 2.45) is 0 Å². The van der Waals surface area contributed by atoms with E-state index in [9.17, 15) is 5.11 Å². The molecule has 0 aliphatic heterocycles. The van der Waals surface area contributed by atoms with E-state index in [0.717, 1.165) is 31.3 Å². The van der Waals surface area contributed by atoms with Crippen LogP contribution in [0.1, 0.15) is 49.6 Å². The number of rotatable bonds is 4. The molecule has 108 valence electrons. The van der Waals surface area contributed by atoms with Crippen molar-refractivity contribution in [1.29, 1.82) is 0 Å². The molecule has 20 heavy (non-hydrogen) atoms. The van der Waals surface area contributed by atoms with Crippen molar-refractivity contribution in [3.8, 4) is 0 Å². The number of aliphatic hydroxyl groups excluding tert-OH is 1. The number of nitrogens with zero attached hydrogens (tertiary/aromatic N) is 1. The van der Waals surface area contributed by atoms with Crippen molar-refractivity contribution in [3.05, 3.63) is 28.8 Å². The first-order chi connectivity index (χ1) is 9.63.